The number of aromatic nitrogens is 2. The fourth-order valence-electron chi connectivity index (χ4n) is 4.41. The van der Waals surface area contributed by atoms with E-state index in [0.29, 0.717) is 35.9 Å². The van der Waals surface area contributed by atoms with E-state index in [4.69, 9.17) is 14.6 Å². The molecule has 9 nitrogen and oxygen atoms in total. The van der Waals surface area contributed by atoms with Gasteiger partial charge in [-0.05, 0) is 42.2 Å². The normalized spacial score (nSPS) is 18.8. The summed E-state index contributed by atoms with van der Waals surface area (Å²) in [7, 11) is 0. The van der Waals surface area contributed by atoms with Gasteiger partial charge in [0.05, 0.1) is 18.8 Å². The van der Waals surface area contributed by atoms with Crippen molar-refractivity contribution < 1.29 is 29.3 Å². The molecular weight excluding hydrogens is 530 g/mol. The van der Waals surface area contributed by atoms with Crippen LogP contribution in [0.15, 0.2) is 72.1 Å². The quantitative estimate of drug-likeness (QED) is 0.129. The Bertz CT molecular complexity index is 1210. The summed E-state index contributed by atoms with van der Waals surface area (Å²) in [4.78, 5) is 31.5. The zero-order chi connectivity index (χ0) is 28.2. The van der Waals surface area contributed by atoms with Gasteiger partial charge >= 0.3 is 5.97 Å². The van der Waals surface area contributed by atoms with Crippen LogP contribution in [0.3, 0.4) is 0 Å². The van der Waals surface area contributed by atoms with Gasteiger partial charge in [-0.3, -0.25) is 9.59 Å². The second-order valence-corrected chi connectivity index (χ2v) is 10.7. The molecule has 3 N–H and O–H groups in total. The van der Waals surface area contributed by atoms with Gasteiger partial charge in [-0.2, -0.15) is 0 Å². The van der Waals surface area contributed by atoms with Crippen molar-refractivity contribution in [2.45, 2.75) is 75.2 Å². The Morgan fingerprint density at radius 2 is 1.57 bits per heavy atom. The summed E-state index contributed by atoms with van der Waals surface area (Å²) >= 11 is 1.54. The molecule has 1 fully saturated rings. The van der Waals surface area contributed by atoms with Crippen molar-refractivity contribution in [1.29, 1.82) is 0 Å². The van der Waals surface area contributed by atoms with Gasteiger partial charge in [0.2, 0.25) is 5.91 Å². The van der Waals surface area contributed by atoms with Crippen LogP contribution in [0.25, 0.3) is 0 Å². The van der Waals surface area contributed by atoms with E-state index in [1.54, 1.807) is 18.5 Å². The lowest BCUT2D eigenvalue weighted by atomic mass is 10.0. The number of aliphatic hydroxyl groups is 1. The van der Waals surface area contributed by atoms with Gasteiger partial charge in [-0.15, -0.1) is 0 Å². The molecule has 1 amide bonds. The van der Waals surface area contributed by atoms with Crippen LogP contribution >= 0.6 is 11.8 Å². The van der Waals surface area contributed by atoms with E-state index in [9.17, 15) is 14.7 Å². The number of aliphatic carboxylic acids is 1. The highest BCUT2D eigenvalue weighted by Crippen LogP contribution is 2.39. The van der Waals surface area contributed by atoms with Crippen molar-refractivity contribution in [1.82, 2.24) is 9.97 Å². The lowest BCUT2D eigenvalue weighted by molar-refractivity contribution is -0.245. The molecule has 40 heavy (non-hydrogen) atoms. The fraction of sp³-hybridized carbons (Fsp3) is 0.400. The monoisotopic (exact) mass is 565 g/mol. The molecule has 0 bridgehead atoms. The van der Waals surface area contributed by atoms with E-state index in [1.807, 2.05) is 48.5 Å². The number of unbranched alkanes of at least 4 members (excludes halogenated alkanes) is 3. The molecule has 3 atom stereocenters. The van der Waals surface area contributed by atoms with E-state index in [2.05, 4.69) is 15.3 Å². The second-order valence-electron chi connectivity index (χ2n) is 9.67. The average Bonchev–Trinajstić information content (AvgIpc) is 2.98. The maximum absolute atomic E-state index is 12.3. The molecular formula is C30H35N3O6S. The van der Waals surface area contributed by atoms with E-state index in [1.165, 1.54) is 11.8 Å². The number of carboxylic acids is 1. The molecule has 1 aromatic heterocycles. The number of anilines is 1. The summed E-state index contributed by atoms with van der Waals surface area (Å²) in [6.07, 6.45) is 6.78. The molecule has 0 aliphatic carbocycles. The van der Waals surface area contributed by atoms with E-state index in [-0.39, 0.29) is 31.1 Å². The van der Waals surface area contributed by atoms with Gasteiger partial charge in [0.25, 0.3) is 0 Å². The Labute approximate surface area is 238 Å². The molecule has 3 aromatic rings. The van der Waals surface area contributed by atoms with Gasteiger partial charge < -0.3 is 25.0 Å². The van der Waals surface area contributed by atoms with E-state index in [0.717, 1.165) is 36.0 Å². The summed E-state index contributed by atoms with van der Waals surface area (Å²) < 4.78 is 12.7. The van der Waals surface area contributed by atoms with Crippen molar-refractivity contribution >= 4 is 29.3 Å². The van der Waals surface area contributed by atoms with Crippen LogP contribution < -0.4 is 5.32 Å². The summed E-state index contributed by atoms with van der Waals surface area (Å²) in [5, 5.41) is 21.7. The van der Waals surface area contributed by atoms with Crippen LogP contribution in [-0.4, -0.2) is 43.9 Å². The van der Waals surface area contributed by atoms with Gasteiger partial charge in [-0.25, -0.2) is 9.97 Å². The molecule has 2 aromatic carbocycles. The SMILES string of the molecule is O=C(O)CCCCCCC(=O)Nc1ccc([C@H]2O[C@@H](CSc3ncccn3)C[C@@H](c3ccc(CO)cc3)O2)cc1. The number of carbonyl (C=O) groups is 2. The van der Waals surface area contributed by atoms with E-state index >= 15 is 0 Å². The lowest BCUT2D eigenvalue weighted by Gasteiger charge is -2.36. The molecule has 1 aliphatic rings. The minimum atomic E-state index is -0.784. The predicted octanol–water partition coefficient (Wildman–Crippen LogP) is 5.67. The molecule has 10 heteroatoms. The first-order chi connectivity index (χ1) is 19.5. The Balaban J connectivity index is 1.35. The molecule has 4 rings (SSSR count). The Morgan fingerprint density at radius 3 is 2.25 bits per heavy atom. The predicted molar refractivity (Wildman–Crippen MR) is 152 cm³/mol. The maximum Gasteiger partial charge on any atom is 0.303 e. The number of carboxylic acid groups (broad SMARTS) is 1. The number of amides is 1. The van der Waals surface area contributed by atoms with Crippen LogP contribution in [0, 0.1) is 0 Å². The maximum atomic E-state index is 12.3. The summed E-state index contributed by atoms with van der Waals surface area (Å²) in [6, 6.07) is 17.0. The highest BCUT2D eigenvalue weighted by molar-refractivity contribution is 7.99. The summed E-state index contributed by atoms with van der Waals surface area (Å²) in [5.74, 6) is -0.184. The van der Waals surface area contributed by atoms with Gasteiger partial charge in [0.1, 0.15) is 0 Å². The van der Waals surface area contributed by atoms with Crippen molar-refractivity contribution in [2.75, 3.05) is 11.1 Å². The molecule has 212 valence electrons. The molecule has 0 radical (unpaired) electrons. The van der Waals surface area contributed by atoms with Gasteiger partial charge in [0, 0.05) is 48.7 Å². The van der Waals surface area contributed by atoms with Crippen LogP contribution in [0.2, 0.25) is 0 Å². The van der Waals surface area contributed by atoms with Crippen LogP contribution in [-0.2, 0) is 25.7 Å². The van der Waals surface area contributed by atoms with Crippen molar-refractivity contribution in [3.05, 3.63) is 83.7 Å². The minimum Gasteiger partial charge on any atom is -0.481 e. The number of thioether (sulfide) groups is 1. The van der Waals surface area contributed by atoms with Crippen LogP contribution in [0.1, 0.15) is 74.0 Å². The molecule has 0 unspecified atom stereocenters. The average molecular weight is 566 g/mol. The molecule has 0 spiro atoms. The number of hydrogen-bond acceptors (Lipinski definition) is 8. The number of carbonyl (C=O) groups excluding carboxylic acids is 1. The number of ether oxygens (including phenoxy) is 2. The Kier molecular flexibility index (Phi) is 11.5. The first kappa shape index (κ1) is 29.7. The van der Waals surface area contributed by atoms with Crippen LogP contribution in [0.4, 0.5) is 5.69 Å². The van der Waals surface area contributed by atoms with Gasteiger partial charge in [0.15, 0.2) is 11.4 Å². The summed E-state index contributed by atoms with van der Waals surface area (Å²) in [6.45, 7) is -0.0104. The lowest BCUT2D eigenvalue weighted by Crippen LogP contribution is -2.31. The topological polar surface area (TPSA) is 131 Å². The van der Waals surface area contributed by atoms with E-state index < -0.39 is 12.3 Å². The zero-order valence-electron chi connectivity index (χ0n) is 22.3. The number of rotatable bonds is 14. The third-order valence-corrected chi connectivity index (χ3v) is 7.57. The van der Waals surface area contributed by atoms with Crippen molar-refractivity contribution in [2.24, 2.45) is 0 Å². The molecule has 2 heterocycles. The van der Waals surface area contributed by atoms with Gasteiger partial charge in [-0.1, -0.05) is 61.0 Å². The van der Waals surface area contributed by atoms with Crippen molar-refractivity contribution in [3.8, 4) is 0 Å². The zero-order valence-corrected chi connectivity index (χ0v) is 23.1. The number of nitrogens with zero attached hydrogens (tertiary/aromatic N) is 2. The fourth-order valence-corrected chi connectivity index (χ4v) is 5.23. The van der Waals surface area contributed by atoms with Crippen LogP contribution in [0.5, 0.6) is 0 Å². The number of nitrogens with one attached hydrogen (secondary N) is 1. The minimum absolute atomic E-state index is 0.0104. The molecule has 0 saturated carbocycles. The molecule has 1 saturated heterocycles. The third-order valence-electron chi connectivity index (χ3n) is 6.57. The summed E-state index contributed by atoms with van der Waals surface area (Å²) in [5.41, 5.74) is 3.40. The first-order valence-corrected chi connectivity index (χ1v) is 14.5. The number of benzene rings is 2. The number of hydrogen-bond donors (Lipinski definition) is 3. The smallest absolute Gasteiger partial charge is 0.303 e. The highest BCUT2D eigenvalue weighted by atomic mass is 32.2. The molecule has 1 aliphatic heterocycles. The Hall–Kier alpha value is -3.31. The standard InChI is InChI=1S/C30H35N3O6S/c34-19-21-8-10-22(11-9-21)26-18-25(20-40-30-31-16-5-17-32-30)38-29(39-26)23-12-14-24(15-13-23)33-27(35)6-3-1-2-4-7-28(36)37/h5,8-17,25-26,29,34H,1-4,6-7,18-20H2,(H,33,35)(H,36,37)/t25-,26+,29+/m1/s1. The number of aliphatic hydroxyl groups excluding tert-OH is 1. The highest BCUT2D eigenvalue weighted by Gasteiger charge is 2.32. The van der Waals surface area contributed by atoms with Crippen molar-refractivity contribution in [3.63, 3.8) is 0 Å². The third kappa shape index (κ3) is 9.41. The largest absolute Gasteiger partial charge is 0.481 e. The Morgan fingerprint density at radius 1 is 0.900 bits per heavy atom. The first-order valence-electron chi connectivity index (χ1n) is 13.5. The second kappa shape index (κ2) is 15.5.